The minimum Gasteiger partial charge on any atom is -0.489 e. The van der Waals surface area contributed by atoms with E-state index in [1.807, 2.05) is 36.4 Å². The third kappa shape index (κ3) is 5.08. The first-order chi connectivity index (χ1) is 22.7. The summed E-state index contributed by atoms with van der Waals surface area (Å²) >= 11 is 12.8. The minimum atomic E-state index is -0.457. The summed E-state index contributed by atoms with van der Waals surface area (Å²) in [5.41, 5.74) is 2.70. The Morgan fingerprint density at radius 2 is 1.79 bits per heavy atom. The number of anilines is 1. The molecule has 2 aliphatic heterocycles. The van der Waals surface area contributed by atoms with Gasteiger partial charge in [-0.05, 0) is 91.3 Å². The molecule has 0 radical (unpaired) electrons. The number of hydrogen-bond donors (Lipinski definition) is 1. The molecule has 2 saturated carbocycles. The number of nitrogens with zero attached hydrogens (tertiary/aromatic N) is 1. The summed E-state index contributed by atoms with van der Waals surface area (Å²) in [6.45, 7) is 2.31. The highest BCUT2D eigenvalue weighted by molar-refractivity contribution is 9.10. The Kier molecular flexibility index (Phi) is 7.86. The molecule has 0 spiro atoms. The number of hydrogen-bond acceptors (Lipinski definition) is 8. The van der Waals surface area contributed by atoms with E-state index >= 15 is 0 Å². The van der Waals surface area contributed by atoms with Crippen LogP contribution in [-0.2, 0) is 20.9 Å². The van der Waals surface area contributed by atoms with Crippen LogP contribution < -0.4 is 14.5 Å². The summed E-state index contributed by atoms with van der Waals surface area (Å²) in [4.78, 5) is 58.4. The number of carbonyl (C=O) groups is 3. The number of esters is 1. The van der Waals surface area contributed by atoms with Crippen LogP contribution in [0.3, 0.4) is 0 Å². The molecule has 8 nitrogen and oxygen atoms in total. The molecule has 2 bridgehead atoms. The molecule has 4 aliphatic rings. The predicted molar refractivity (Wildman–Crippen MR) is 183 cm³/mol. The molecule has 7 atom stereocenters. The van der Waals surface area contributed by atoms with Gasteiger partial charge >= 0.3 is 10.8 Å². The lowest BCUT2D eigenvalue weighted by Crippen LogP contribution is -2.42. The molecular formula is C35H28BrClN2O6S2. The lowest BCUT2D eigenvalue weighted by Gasteiger charge is -2.43. The zero-order chi connectivity index (χ0) is 32.6. The fraction of sp³-hybridized carbons (Fsp3) is 0.314. The van der Waals surface area contributed by atoms with Gasteiger partial charge in [-0.25, -0.2) is 4.79 Å². The van der Waals surface area contributed by atoms with Gasteiger partial charge in [0.15, 0.2) is 0 Å². The lowest BCUT2D eigenvalue weighted by atomic mass is 9.68. The first-order valence-corrected chi connectivity index (χ1v) is 18.3. The van der Waals surface area contributed by atoms with Crippen molar-refractivity contribution in [3.05, 3.63) is 107 Å². The Balaban J connectivity index is 1.15. The van der Waals surface area contributed by atoms with E-state index in [1.165, 1.54) is 16.2 Å². The molecule has 1 N–H and O–H groups in total. The van der Waals surface area contributed by atoms with Crippen LogP contribution in [0.5, 0.6) is 5.75 Å². The molecule has 3 heterocycles. The van der Waals surface area contributed by atoms with Crippen molar-refractivity contribution in [3.8, 4) is 5.75 Å². The summed E-state index contributed by atoms with van der Waals surface area (Å²) < 4.78 is 12.4. The largest absolute Gasteiger partial charge is 0.489 e. The molecule has 3 fully saturated rings. The fourth-order valence-electron chi connectivity index (χ4n) is 8.26. The second kappa shape index (κ2) is 11.9. The topological polar surface area (TPSA) is 106 Å². The van der Waals surface area contributed by atoms with Gasteiger partial charge in [0, 0.05) is 31.1 Å². The van der Waals surface area contributed by atoms with Gasteiger partial charge in [0.25, 0.3) is 0 Å². The molecule has 240 valence electrons. The Bertz CT molecular complexity index is 2000. The van der Waals surface area contributed by atoms with Crippen LogP contribution in [0.1, 0.15) is 45.6 Å². The van der Waals surface area contributed by atoms with E-state index in [9.17, 15) is 19.2 Å². The third-order valence-corrected chi connectivity index (χ3v) is 13.3. The van der Waals surface area contributed by atoms with Crippen molar-refractivity contribution in [2.24, 2.45) is 29.6 Å². The first kappa shape index (κ1) is 30.9. The smallest absolute Gasteiger partial charge is 0.338 e. The van der Waals surface area contributed by atoms with Gasteiger partial charge in [-0.1, -0.05) is 51.0 Å². The van der Waals surface area contributed by atoms with Gasteiger partial charge in [-0.3, -0.25) is 19.3 Å². The van der Waals surface area contributed by atoms with E-state index in [2.05, 4.69) is 27.0 Å². The maximum absolute atomic E-state index is 14.2. The molecule has 1 aromatic heterocycles. The number of H-pyrrole nitrogens is 1. The Hall–Kier alpha value is -3.38. The summed E-state index contributed by atoms with van der Waals surface area (Å²) in [7, 11) is 0. The summed E-state index contributed by atoms with van der Waals surface area (Å²) in [6.07, 6.45) is 0.771. The highest BCUT2D eigenvalue weighted by atomic mass is 79.9. The second-order valence-electron chi connectivity index (χ2n) is 12.3. The zero-order valence-corrected chi connectivity index (χ0v) is 29.0. The zero-order valence-electron chi connectivity index (χ0n) is 25.0. The van der Waals surface area contributed by atoms with Crippen molar-refractivity contribution >= 4 is 74.1 Å². The van der Waals surface area contributed by atoms with Crippen molar-refractivity contribution in [2.45, 2.75) is 36.1 Å². The molecule has 4 aromatic rings. The lowest BCUT2D eigenvalue weighted by molar-refractivity contribution is -0.123. The van der Waals surface area contributed by atoms with Gasteiger partial charge in [-0.2, -0.15) is 0 Å². The van der Waals surface area contributed by atoms with Crippen LogP contribution in [-0.4, -0.2) is 34.6 Å². The molecule has 1 saturated heterocycles. The van der Waals surface area contributed by atoms with Crippen LogP contribution in [0.25, 0.3) is 0 Å². The fourth-order valence-corrected chi connectivity index (χ4v) is 11.7. The number of thiazole rings is 1. The number of nitrogens with one attached hydrogen (secondary N) is 1. The van der Waals surface area contributed by atoms with Crippen molar-refractivity contribution in [3.63, 3.8) is 0 Å². The summed E-state index contributed by atoms with van der Waals surface area (Å²) in [5.74, 6) is -1.30. The summed E-state index contributed by atoms with van der Waals surface area (Å²) in [6, 6.07) is 19.9. The second-order valence-corrected chi connectivity index (χ2v) is 15.9. The van der Waals surface area contributed by atoms with Gasteiger partial charge in [-0.15, -0.1) is 11.8 Å². The van der Waals surface area contributed by atoms with Crippen LogP contribution in [0, 0.1) is 29.6 Å². The minimum absolute atomic E-state index is 0.0101. The summed E-state index contributed by atoms with van der Waals surface area (Å²) in [5, 5.41) is 1.50. The highest BCUT2D eigenvalue weighted by Crippen LogP contribution is 2.69. The Morgan fingerprint density at radius 1 is 1.02 bits per heavy atom. The monoisotopic (exact) mass is 750 g/mol. The van der Waals surface area contributed by atoms with Gasteiger partial charge < -0.3 is 14.5 Å². The number of halogens is 2. The molecule has 3 aromatic carbocycles. The van der Waals surface area contributed by atoms with Gasteiger partial charge in [0.1, 0.15) is 12.4 Å². The average molecular weight is 752 g/mol. The number of amides is 2. The molecule has 5 unspecified atom stereocenters. The van der Waals surface area contributed by atoms with Crippen LogP contribution in [0.2, 0.25) is 5.02 Å². The molecule has 8 rings (SSSR count). The number of aromatic nitrogens is 1. The molecular weight excluding hydrogens is 724 g/mol. The molecule has 2 amide bonds. The highest BCUT2D eigenvalue weighted by Gasteiger charge is 2.69. The molecule has 12 heteroatoms. The van der Waals surface area contributed by atoms with Crippen LogP contribution in [0.4, 0.5) is 5.69 Å². The number of benzene rings is 3. The van der Waals surface area contributed by atoms with Crippen molar-refractivity contribution in [1.82, 2.24) is 4.98 Å². The number of imide groups is 1. The quantitative estimate of drug-likeness (QED) is 0.156. The number of aromatic amines is 1. The number of fused-ring (bicyclic) bond motifs is 9. The predicted octanol–water partition coefficient (Wildman–Crippen LogP) is 7.29. The van der Waals surface area contributed by atoms with E-state index in [0.717, 1.165) is 31.9 Å². The van der Waals surface area contributed by atoms with Gasteiger partial charge in [0.2, 0.25) is 11.8 Å². The van der Waals surface area contributed by atoms with E-state index in [0.29, 0.717) is 28.6 Å². The van der Waals surface area contributed by atoms with Crippen LogP contribution >= 0.6 is 50.6 Å². The molecule has 47 heavy (non-hydrogen) atoms. The first-order valence-electron chi connectivity index (χ1n) is 15.4. The third-order valence-electron chi connectivity index (χ3n) is 9.95. The number of ether oxygens (including phenoxy) is 2. The number of rotatable bonds is 7. The van der Waals surface area contributed by atoms with E-state index in [4.69, 9.17) is 21.1 Å². The maximum atomic E-state index is 14.2. The van der Waals surface area contributed by atoms with E-state index in [-0.39, 0.29) is 52.2 Å². The maximum Gasteiger partial charge on any atom is 0.338 e. The SMILES string of the molecule is CCOC(=O)c1ccc(N2C(=O)C3C(C2=O)[C@@H]2C[C@H]3C3Sc4[nH]c(=O)sc4C(c4cc(Br)ccc4OCc4cccc(Cl)c4)C32)cc1. The number of carbonyl (C=O) groups excluding carboxylic acids is 3. The van der Waals surface area contributed by atoms with Crippen LogP contribution in [0.15, 0.2) is 81.0 Å². The number of thioether (sulfide) groups is 1. The average Bonchev–Trinajstić information content (AvgIpc) is 3.79. The van der Waals surface area contributed by atoms with E-state index < -0.39 is 17.8 Å². The van der Waals surface area contributed by atoms with Crippen molar-refractivity contribution in [2.75, 3.05) is 11.5 Å². The van der Waals surface area contributed by atoms with Crippen molar-refractivity contribution < 1.29 is 23.9 Å². The Morgan fingerprint density at radius 3 is 2.53 bits per heavy atom. The Labute approximate surface area is 291 Å². The van der Waals surface area contributed by atoms with E-state index in [1.54, 1.807) is 43.0 Å². The molecule has 2 aliphatic carbocycles. The van der Waals surface area contributed by atoms with Crippen molar-refractivity contribution in [1.29, 1.82) is 0 Å². The standard InChI is InChI=1S/C35H28BrClN2O6S2/c1-2-44-34(42)17-6-9-20(10-7-17)39-32(40)27-22-14-23(28(27)33(39)41)29-26(22)25(30-31(46-29)38-35(43)47-30)21-13-18(36)8-11-24(21)45-15-16-4-3-5-19(37)12-16/h3-13,22-23,25-29H,2,14-15H2,1H3,(H,38,43)/t22-,23-,25?,26?,27?,28?,29?/m1/s1. The van der Waals surface area contributed by atoms with Gasteiger partial charge in [0.05, 0.1) is 34.7 Å². The normalized spacial score (nSPS) is 27.0.